The Bertz CT molecular complexity index is 393. The summed E-state index contributed by atoms with van der Waals surface area (Å²) >= 11 is 1.85. The maximum atomic E-state index is 11.6. The molecule has 0 bridgehead atoms. The summed E-state index contributed by atoms with van der Waals surface area (Å²) in [4.78, 5) is 11.6. The molecule has 0 saturated carbocycles. The number of anilines is 1. The first kappa shape index (κ1) is 16.9. The molecule has 0 aliphatic heterocycles. The molecule has 0 aromatic heterocycles. The first-order chi connectivity index (χ1) is 9.63. The molecular formula is C15H24N2O2S. The Morgan fingerprint density at radius 2 is 1.95 bits per heavy atom. The van der Waals surface area contributed by atoms with Crippen molar-refractivity contribution >= 4 is 23.5 Å². The summed E-state index contributed by atoms with van der Waals surface area (Å²) in [5.41, 5.74) is 1.57. The van der Waals surface area contributed by atoms with E-state index in [1.54, 1.807) is 19.1 Å². The first-order valence-electron chi connectivity index (χ1n) is 6.95. The molecule has 0 fully saturated rings. The van der Waals surface area contributed by atoms with E-state index in [0.717, 1.165) is 24.1 Å². The van der Waals surface area contributed by atoms with Gasteiger partial charge >= 0.3 is 6.03 Å². The van der Waals surface area contributed by atoms with Crippen molar-refractivity contribution in [3.63, 3.8) is 0 Å². The SMILES string of the molecule is CSCCCCCNC(=O)Nc1ccc(C(C)O)cc1. The molecule has 0 aliphatic rings. The zero-order valence-corrected chi connectivity index (χ0v) is 13.0. The van der Waals surface area contributed by atoms with Gasteiger partial charge in [0.25, 0.3) is 0 Å². The lowest BCUT2D eigenvalue weighted by molar-refractivity contribution is 0.199. The molecule has 112 valence electrons. The zero-order valence-electron chi connectivity index (χ0n) is 12.2. The molecule has 20 heavy (non-hydrogen) atoms. The topological polar surface area (TPSA) is 61.4 Å². The van der Waals surface area contributed by atoms with Crippen molar-refractivity contribution in [2.45, 2.75) is 32.3 Å². The van der Waals surface area contributed by atoms with Gasteiger partial charge < -0.3 is 15.7 Å². The molecule has 1 atom stereocenters. The van der Waals surface area contributed by atoms with E-state index in [4.69, 9.17) is 0 Å². The Hall–Kier alpha value is -1.20. The van der Waals surface area contributed by atoms with Crippen molar-refractivity contribution in [2.75, 3.05) is 23.9 Å². The predicted octanol–water partition coefficient (Wildman–Crippen LogP) is 3.39. The number of carbonyl (C=O) groups excluding carboxylic acids is 1. The quantitative estimate of drug-likeness (QED) is 0.644. The Labute approximate surface area is 125 Å². The summed E-state index contributed by atoms with van der Waals surface area (Å²) in [6.07, 6.45) is 4.97. The fraction of sp³-hybridized carbons (Fsp3) is 0.533. The van der Waals surface area contributed by atoms with Crippen LogP contribution in [0.15, 0.2) is 24.3 Å². The largest absolute Gasteiger partial charge is 0.389 e. The average molecular weight is 296 g/mol. The highest BCUT2D eigenvalue weighted by Crippen LogP contribution is 2.15. The molecule has 2 amide bonds. The maximum Gasteiger partial charge on any atom is 0.319 e. The molecule has 0 radical (unpaired) electrons. The van der Waals surface area contributed by atoms with Gasteiger partial charge in [-0.25, -0.2) is 4.79 Å². The summed E-state index contributed by atoms with van der Waals surface area (Å²) < 4.78 is 0. The van der Waals surface area contributed by atoms with Crippen molar-refractivity contribution in [1.29, 1.82) is 0 Å². The van der Waals surface area contributed by atoms with Crippen molar-refractivity contribution in [3.05, 3.63) is 29.8 Å². The fourth-order valence-corrected chi connectivity index (χ4v) is 2.26. The Morgan fingerprint density at radius 1 is 1.25 bits per heavy atom. The van der Waals surface area contributed by atoms with Crippen LogP contribution in [-0.2, 0) is 0 Å². The second kappa shape index (κ2) is 9.66. The van der Waals surface area contributed by atoms with E-state index in [1.807, 2.05) is 23.9 Å². The summed E-state index contributed by atoms with van der Waals surface area (Å²) in [5.74, 6) is 1.18. The maximum absolute atomic E-state index is 11.6. The normalized spacial score (nSPS) is 11.9. The number of aliphatic hydroxyl groups excluding tert-OH is 1. The van der Waals surface area contributed by atoms with Crippen molar-refractivity contribution < 1.29 is 9.90 Å². The number of hydrogen-bond donors (Lipinski definition) is 3. The van der Waals surface area contributed by atoms with Crippen LogP contribution in [0.4, 0.5) is 10.5 Å². The zero-order chi connectivity index (χ0) is 14.8. The van der Waals surface area contributed by atoms with E-state index < -0.39 is 6.10 Å². The number of urea groups is 1. The molecular weight excluding hydrogens is 272 g/mol. The Balaban J connectivity index is 2.21. The molecule has 1 unspecified atom stereocenters. The third kappa shape index (κ3) is 6.82. The number of thioether (sulfide) groups is 1. The van der Waals surface area contributed by atoms with Gasteiger partial charge in [-0.3, -0.25) is 0 Å². The lowest BCUT2D eigenvalue weighted by Gasteiger charge is -2.09. The molecule has 0 heterocycles. The van der Waals surface area contributed by atoms with Crippen molar-refractivity contribution in [3.8, 4) is 0 Å². The molecule has 0 aliphatic carbocycles. The minimum absolute atomic E-state index is 0.181. The van der Waals surface area contributed by atoms with Crippen LogP contribution in [0.3, 0.4) is 0 Å². The van der Waals surface area contributed by atoms with Gasteiger partial charge in [0.2, 0.25) is 0 Å². The number of carbonyl (C=O) groups is 1. The van der Waals surface area contributed by atoms with Gasteiger partial charge in [0.05, 0.1) is 6.10 Å². The number of aliphatic hydroxyl groups is 1. The smallest absolute Gasteiger partial charge is 0.319 e. The van der Waals surface area contributed by atoms with E-state index in [9.17, 15) is 9.90 Å². The number of nitrogens with one attached hydrogen (secondary N) is 2. The molecule has 4 nitrogen and oxygen atoms in total. The monoisotopic (exact) mass is 296 g/mol. The van der Waals surface area contributed by atoms with Crippen LogP contribution in [0.25, 0.3) is 0 Å². The van der Waals surface area contributed by atoms with E-state index in [0.29, 0.717) is 6.54 Å². The van der Waals surface area contributed by atoms with Crippen LogP contribution in [0, 0.1) is 0 Å². The van der Waals surface area contributed by atoms with Gasteiger partial charge in [0.1, 0.15) is 0 Å². The second-order valence-corrected chi connectivity index (χ2v) is 5.72. The van der Waals surface area contributed by atoms with Crippen molar-refractivity contribution in [2.24, 2.45) is 0 Å². The standard InChI is InChI=1S/C15H24N2O2S/c1-12(18)13-6-8-14(9-7-13)17-15(19)16-10-4-3-5-11-20-2/h6-9,12,18H,3-5,10-11H2,1-2H3,(H2,16,17,19). The van der Waals surface area contributed by atoms with Gasteiger partial charge in [-0.15, -0.1) is 0 Å². The highest BCUT2D eigenvalue weighted by atomic mass is 32.2. The minimum atomic E-state index is -0.487. The summed E-state index contributed by atoms with van der Waals surface area (Å²) in [6, 6.07) is 7.02. The molecule has 0 saturated heterocycles. The summed E-state index contributed by atoms with van der Waals surface area (Å²) in [7, 11) is 0. The van der Waals surface area contributed by atoms with Gasteiger partial charge in [-0.05, 0) is 49.5 Å². The number of amides is 2. The van der Waals surface area contributed by atoms with Crippen molar-refractivity contribution in [1.82, 2.24) is 5.32 Å². The number of unbranched alkanes of at least 4 members (excludes halogenated alkanes) is 2. The third-order valence-electron chi connectivity index (χ3n) is 2.96. The Morgan fingerprint density at radius 3 is 2.55 bits per heavy atom. The lowest BCUT2D eigenvalue weighted by atomic mass is 10.1. The van der Waals surface area contributed by atoms with E-state index >= 15 is 0 Å². The Kier molecular flexibility index (Phi) is 8.14. The van der Waals surface area contributed by atoms with Crippen LogP contribution in [0.1, 0.15) is 37.9 Å². The van der Waals surface area contributed by atoms with Crippen LogP contribution < -0.4 is 10.6 Å². The van der Waals surface area contributed by atoms with E-state index in [1.165, 1.54) is 12.2 Å². The summed E-state index contributed by atoms with van der Waals surface area (Å²) in [6.45, 7) is 2.41. The summed E-state index contributed by atoms with van der Waals surface area (Å²) in [5, 5.41) is 15.0. The van der Waals surface area contributed by atoms with Crippen LogP contribution in [0.2, 0.25) is 0 Å². The number of rotatable bonds is 8. The number of benzene rings is 1. The molecule has 3 N–H and O–H groups in total. The molecule has 0 spiro atoms. The molecule has 5 heteroatoms. The molecule has 1 aromatic rings. The molecule has 1 aromatic carbocycles. The van der Waals surface area contributed by atoms with Gasteiger partial charge in [0, 0.05) is 12.2 Å². The van der Waals surface area contributed by atoms with E-state index in [-0.39, 0.29) is 6.03 Å². The van der Waals surface area contributed by atoms with Crippen LogP contribution in [0.5, 0.6) is 0 Å². The predicted molar refractivity (Wildman–Crippen MR) is 86.3 cm³/mol. The fourth-order valence-electron chi connectivity index (χ4n) is 1.77. The van der Waals surface area contributed by atoms with Crippen LogP contribution >= 0.6 is 11.8 Å². The first-order valence-corrected chi connectivity index (χ1v) is 8.34. The number of hydrogen-bond acceptors (Lipinski definition) is 3. The third-order valence-corrected chi connectivity index (χ3v) is 3.66. The van der Waals surface area contributed by atoms with Gasteiger partial charge in [-0.2, -0.15) is 11.8 Å². The van der Waals surface area contributed by atoms with Gasteiger partial charge in [0.15, 0.2) is 0 Å². The molecule has 1 rings (SSSR count). The minimum Gasteiger partial charge on any atom is -0.389 e. The van der Waals surface area contributed by atoms with Gasteiger partial charge in [-0.1, -0.05) is 18.6 Å². The highest BCUT2D eigenvalue weighted by molar-refractivity contribution is 7.98. The van der Waals surface area contributed by atoms with E-state index in [2.05, 4.69) is 16.9 Å². The average Bonchev–Trinajstić information content (AvgIpc) is 2.43. The second-order valence-electron chi connectivity index (χ2n) is 4.73. The lowest BCUT2D eigenvalue weighted by Crippen LogP contribution is -2.29. The highest BCUT2D eigenvalue weighted by Gasteiger charge is 2.03. The van der Waals surface area contributed by atoms with Crippen LogP contribution in [-0.4, -0.2) is 29.7 Å².